The molecule has 0 aliphatic heterocycles. The quantitative estimate of drug-likeness (QED) is 0.684. The van der Waals surface area contributed by atoms with Gasteiger partial charge in [0, 0.05) is 11.9 Å². The van der Waals surface area contributed by atoms with Crippen molar-refractivity contribution >= 4 is 17.5 Å². The molecular weight excluding hydrogens is 198 g/mol. The van der Waals surface area contributed by atoms with Gasteiger partial charge in [-0.1, -0.05) is 20.3 Å². The Kier molecular flexibility index (Phi) is 6.17. The summed E-state index contributed by atoms with van der Waals surface area (Å²) in [6.07, 6.45) is 3.12. The molecule has 2 nitrogen and oxygen atoms in total. The summed E-state index contributed by atoms with van der Waals surface area (Å²) in [5.41, 5.74) is -0.456. The van der Waals surface area contributed by atoms with Crippen molar-refractivity contribution in [1.29, 1.82) is 0 Å². The van der Waals surface area contributed by atoms with Gasteiger partial charge in [0.05, 0.1) is 5.41 Å². The first-order valence-electron chi connectivity index (χ1n) is 5.34. The molecule has 1 atom stereocenters. The number of carbonyl (C=O) groups excluding carboxylic acids is 1. The van der Waals surface area contributed by atoms with Crippen molar-refractivity contribution in [1.82, 2.24) is 5.32 Å². The number of hydrogen-bond acceptors (Lipinski definition) is 1. The lowest BCUT2D eigenvalue weighted by atomic mass is 9.94. The monoisotopic (exact) mass is 219 g/mol. The van der Waals surface area contributed by atoms with E-state index in [9.17, 15) is 4.79 Å². The Hall–Kier alpha value is -0.240. The van der Waals surface area contributed by atoms with Gasteiger partial charge >= 0.3 is 0 Å². The highest BCUT2D eigenvalue weighted by Gasteiger charge is 2.27. The Morgan fingerprint density at radius 3 is 2.36 bits per heavy atom. The van der Waals surface area contributed by atoms with Gasteiger partial charge in [-0.15, -0.1) is 11.6 Å². The van der Waals surface area contributed by atoms with Gasteiger partial charge in [0.15, 0.2) is 0 Å². The summed E-state index contributed by atoms with van der Waals surface area (Å²) in [4.78, 5) is 11.7. The number of nitrogens with one attached hydrogen (secondary N) is 1. The lowest BCUT2D eigenvalue weighted by Gasteiger charge is -2.24. The largest absolute Gasteiger partial charge is 0.353 e. The van der Waals surface area contributed by atoms with Gasteiger partial charge in [0.2, 0.25) is 5.91 Å². The van der Waals surface area contributed by atoms with Crippen LogP contribution < -0.4 is 5.32 Å². The van der Waals surface area contributed by atoms with Gasteiger partial charge in [0.1, 0.15) is 0 Å². The predicted molar refractivity (Wildman–Crippen MR) is 61.6 cm³/mol. The van der Waals surface area contributed by atoms with Crippen LogP contribution in [-0.2, 0) is 4.79 Å². The van der Waals surface area contributed by atoms with E-state index in [0.717, 1.165) is 19.3 Å². The molecule has 0 rings (SSSR count). The number of alkyl halides is 1. The molecule has 0 aromatic carbocycles. The fourth-order valence-corrected chi connectivity index (χ4v) is 1.29. The third-order valence-corrected chi connectivity index (χ3v) is 3.08. The Balaban J connectivity index is 4.15. The first kappa shape index (κ1) is 13.8. The minimum atomic E-state index is -0.456. The Labute approximate surface area is 92.4 Å². The van der Waals surface area contributed by atoms with Gasteiger partial charge in [0.25, 0.3) is 0 Å². The van der Waals surface area contributed by atoms with Gasteiger partial charge in [-0.05, 0) is 26.7 Å². The Morgan fingerprint density at radius 2 is 2.00 bits per heavy atom. The van der Waals surface area contributed by atoms with Gasteiger partial charge in [-0.25, -0.2) is 0 Å². The second-order valence-electron chi connectivity index (χ2n) is 4.38. The van der Waals surface area contributed by atoms with Crippen molar-refractivity contribution < 1.29 is 4.79 Å². The van der Waals surface area contributed by atoms with Crippen molar-refractivity contribution in [3.63, 3.8) is 0 Å². The van der Waals surface area contributed by atoms with Crippen LogP contribution in [0.2, 0.25) is 0 Å². The van der Waals surface area contributed by atoms with Crippen molar-refractivity contribution in [3.05, 3.63) is 0 Å². The fraction of sp³-hybridized carbons (Fsp3) is 0.909. The van der Waals surface area contributed by atoms with Gasteiger partial charge in [-0.2, -0.15) is 0 Å². The highest BCUT2D eigenvalue weighted by Crippen LogP contribution is 2.17. The van der Waals surface area contributed by atoms with E-state index < -0.39 is 5.41 Å². The minimum absolute atomic E-state index is 0.0628. The maximum Gasteiger partial charge on any atom is 0.227 e. The van der Waals surface area contributed by atoms with E-state index in [1.54, 1.807) is 0 Å². The molecule has 1 unspecified atom stereocenters. The molecule has 0 aliphatic rings. The predicted octanol–water partition coefficient (Wildman–Crippen LogP) is 2.95. The van der Waals surface area contributed by atoms with Crippen LogP contribution in [0.5, 0.6) is 0 Å². The van der Waals surface area contributed by atoms with E-state index in [-0.39, 0.29) is 5.91 Å². The number of amides is 1. The molecule has 1 N–H and O–H groups in total. The molecule has 1 amide bonds. The highest BCUT2D eigenvalue weighted by molar-refractivity contribution is 6.19. The van der Waals surface area contributed by atoms with Crippen molar-refractivity contribution in [2.45, 2.75) is 53.0 Å². The van der Waals surface area contributed by atoms with Gasteiger partial charge < -0.3 is 5.32 Å². The van der Waals surface area contributed by atoms with Crippen LogP contribution in [0.1, 0.15) is 47.0 Å². The summed E-state index contributed by atoms with van der Waals surface area (Å²) < 4.78 is 0. The molecule has 0 heterocycles. The summed E-state index contributed by atoms with van der Waals surface area (Å²) in [6.45, 7) is 7.96. The number of hydrogen-bond donors (Lipinski definition) is 1. The van der Waals surface area contributed by atoms with E-state index in [4.69, 9.17) is 11.6 Å². The SMILES string of the molecule is CCCC(CC)NC(=O)C(C)(C)CCl. The molecule has 84 valence electrons. The third kappa shape index (κ3) is 4.32. The van der Waals surface area contributed by atoms with Crippen molar-refractivity contribution in [2.24, 2.45) is 5.41 Å². The fourth-order valence-electron chi connectivity index (χ4n) is 1.17. The summed E-state index contributed by atoms with van der Waals surface area (Å²) in [5.74, 6) is 0.425. The minimum Gasteiger partial charge on any atom is -0.353 e. The van der Waals surface area contributed by atoms with Crippen LogP contribution >= 0.6 is 11.6 Å². The van der Waals surface area contributed by atoms with E-state index in [2.05, 4.69) is 19.2 Å². The second-order valence-corrected chi connectivity index (χ2v) is 4.65. The molecule has 0 spiro atoms. The lowest BCUT2D eigenvalue weighted by Crippen LogP contribution is -2.43. The number of halogens is 1. The Morgan fingerprint density at radius 1 is 1.43 bits per heavy atom. The van der Waals surface area contributed by atoms with Crippen LogP contribution in [-0.4, -0.2) is 17.8 Å². The third-order valence-electron chi connectivity index (χ3n) is 2.41. The molecule has 0 saturated carbocycles. The molecule has 0 radical (unpaired) electrons. The molecule has 0 saturated heterocycles. The smallest absolute Gasteiger partial charge is 0.227 e. The standard InChI is InChI=1S/C11H22ClNO/c1-5-7-9(6-2)13-10(14)11(3,4)8-12/h9H,5-8H2,1-4H3,(H,13,14). The molecule has 0 bridgehead atoms. The van der Waals surface area contributed by atoms with Crippen LogP contribution in [0.3, 0.4) is 0 Å². The van der Waals surface area contributed by atoms with E-state index >= 15 is 0 Å². The molecule has 0 aromatic rings. The Bertz CT molecular complexity index is 180. The van der Waals surface area contributed by atoms with Crippen LogP contribution in [0.25, 0.3) is 0 Å². The van der Waals surface area contributed by atoms with Crippen molar-refractivity contribution in [3.8, 4) is 0 Å². The summed E-state index contributed by atoms with van der Waals surface area (Å²) >= 11 is 5.73. The second kappa shape index (κ2) is 6.28. The summed E-state index contributed by atoms with van der Waals surface area (Å²) in [5, 5.41) is 3.04. The molecule has 0 fully saturated rings. The highest BCUT2D eigenvalue weighted by atomic mass is 35.5. The van der Waals surface area contributed by atoms with Crippen LogP contribution in [0.4, 0.5) is 0 Å². The lowest BCUT2D eigenvalue weighted by molar-refractivity contribution is -0.129. The van der Waals surface area contributed by atoms with Gasteiger partial charge in [-0.3, -0.25) is 4.79 Å². The van der Waals surface area contributed by atoms with E-state index in [1.165, 1.54) is 0 Å². The zero-order valence-corrected chi connectivity index (χ0v) is 10.4. The average molecular weight is 220 g/mol. The van der Waals surface area contributed by atoms with E-state index in [1.807, 2.05) is 13.8 Å². The molecular formula is C11H22ClNO. The summed E-state index contributed by atoms with van der Waals surface area (Å²) in [7, 11) is 0. The molecule has 14 heavy (non-hydrogen) atoms. The first-order valence-corrected chi connectivity index (χ1v) is 5.88. The maximum absolute atomic E-state index is 11.7. The summed E-state index contributed by atoms with van der Waals surface area (Å²) in [6, 6.07) is 0.301. The normalized spacial score (nSPS) is 13.8. The molecule has 0 aromatic heterocycles. The average Bonchev–Trinajstić information content (AvgIpc) is 2.16. The van der Waals surface area contributed by atoms with Crippen LogP contribution in [0, 0.1) is 5.41 Å². The topological polar surface area (TPSA) is 29.1 Å². The van der Waals surface area contributed by atoms with Crippen LogP contribution in [0.15, 0.2) is 0 Å². The number of carbonyl (C=O) groups is 1. The zero-order chi connectivity index (χ0) is 11.2. The first-order chi connectivity index (χ1) is 6.47. The maximum atomic E-state index is 11.7. The zero-order valence-electron chi connectivity index (χ0n) is 9.69. The molecule has 3 heteroatoms. The van der Waals surface area contributed by atoms with Crippen molar-refractivity contribution in [2.75, 3.05) is 5.88 Å². The number of rotatable bonds is 6. The molecule has 0 aliphatic carbocycles. The van der Waals surface area contributed by atoms with E-state index in [0.29, 0.717) is 11.9 Å².